The number of aromatic hydroxyl groups is 1. The van der Waals surface area contributed by atoms with E-state index in [1.165, 1.54) is 18.2 Å². The van der Waals surface area contributed by atoms with Gasteiger partial charge in [-0.05, 0) is 48.0 Å². The van der Waals surface area contributed by atoms with Crippen LogP contribution in [0.25, 0.3) is 0 Å². The van der Waals surface area contributed by atoms with Crippen LogP contribution in [0.5, 0.6) is 5.75 Å². The van der Waals surface area contributed by atoms with Crippen molar-refractivity contribution in [3.05, 3.63) is 70.2 Å². The minimum absolute atomic E-state index is 0.00364. The minimum atomic E-state index is -0.0726. The normalized spacial score (nSPS) is 12.5. The molecule has 6 N–H and O–H groups in total. The smallest absolute Gasteiger partial charge is 0.146 e. The summed E-state index contributed by atoms with van der Waals surface area (Å²) in [4.78, 5) is 8.14. The van der Waals surface area contributed by atoms with Crippen molar-refractivity contribution in [2.45, 2.75) is 6.42 Å². The molecule has 2 aromatic carbocycles. The number of phenols is 1. The zero-order valence-electron chi connectivity index (χ0n) is 13.7. The summed E-state index contributed by atoms with van der Waals surface area (Å²) >= 11 is 11.7. The number of benzene rings is 2. The van der Waals surface area contributed by atoms with E-state index in [0.29, 0.717) is 17.1 Å². The lowest BCUT2D eigenvalue weighted by atomic mass is 10.1. The van der Waals surface area contributed by atoms with E-state index in [2.05, 4.69) is 9.98 Å². The molecule has 2 rings (SSSR count). The first-order chi connectivity index (χ1) is 12.3. The molecule has 0 aromatic heterocycles. The van der Waals surface area contributed by atoms with Gasteiger partial charge in [-0.15, -0.1) is 0 Å². The molecule has 0 aliphatic carbocycles. The van der Waals surface area contributed by atoms with E-state index >= 15 is 0 Å². The van der Waals surface area contributed by atoms with Crippen LogP contribution in [-0.2, 0) is 6.42 Å². The van der Waals surface area contributed by atoms with Gasteiger partial charge in [0.2, 0.25) is 0 Å². The molecule has 0 aliphatic rings. The molecule has 0 saturated carbocycles. The van der Waals surface area contributed by atoms with Gasteiger partial charge in [-0.1, -0.05) is 35.3 Å². The Morgan fingerprint density at radius 3 is 2.58 bits per heavy atom. The molecular formula is C18H17Cl2N5O. The van der Waals surface area contributed by atoms with Crippen LogP contribution in [0, 0.1) is 5.41 Å². The molecule has 0 unspecified atom stereocenters. The number of nitrogens with two attached hydrogens (primary N) is 2. The van der Waals surface area contributed by atoms with Crippen molar-refractivity contribution in [1.82, 2.24) is 0 Å². The Morgan fingerprint density at radius 1 is 1.12 bits per heavy atom. The SMILES string of the molecule is N=C(/C=C\C(N)=Nc1cccc(Cl)c1)N=C(N)Cc1ccc(O)c(Cl)c1. The Hall–Kier alpha value is -2.83. The molecular weight excluding hydrogens is 373 g/mol. The molecule has 134 valence electrons. The van der Waals surface area contributed by atoms with Gasteiger partial charge in [0.05, 0.1) is 10.7 Å². The third-order valence-electron chi connectivity index (χ3n) is 3.14. The van der Waals surface area contributed by atoms with Gasteiger partial charge in [0.15, 0.2) is 0 Å². The predicted octanol–water partition coefficient (Wildman–Crippen LogP) is 3.82. The highest BCUT2D eigenvalue weighted by Gasteiger charge is 2.03. The highest BCUT2D eigenvalue weighted by molar-refractivity contribution is 6.32. The maximum Gasteiger partial charge on any atom is 0.146 e. The van der Waals surface area contributed by atoms with Crippen LogP contribution < -0.4 is 11.5 Å². The summed E-state index contributed by atoms with van der Waals surface area (Å²) < 4.78 is 0. The highest BCUT2D eigenvalue weighted by atomic mass is 35.5. The van der Waals surface area contributed by atoms with Gasteiger partial charge >= 0.3 is 0 Å². The zero-order valence-corrected chi connectivity index (χ0v) is 15.2. The van der Waals surface area contributed by atoms with E-state index in [1.54, 1.807) is 36.4 Å². The van der Waals surface area contributed by atoms with E-state index in [1.807, 2.05) is 0 Å². The fourth-order valence-electron chi connectivity index (χ4n) is 2.00. The monoisotopic (exact) mass is 389 g/mol. The minimum Gasteiger partial charge on any atom is -0.506 e. The number of halogens is 2. The van der Waals surface area contributed by atoms with Crippen LogP contribution in [0.3, 0.4) is 0 Å². The maximum atomic E-state index is 9.40. The lowest BCUT2D eigenvalue weighted by Gasteiger charge is -2.03. The number of rotatable bonds is 5. The standard InChI is InChI=1S/C18H17Cl2N5O/c19-12-2-1-3-13(10-12)24-16(21)6-7-17(22)25-18(23)9-11-4-5-15(26)14(20)8-11/h1-8,10,26H,9H2,(H2,21,24)(H3,22,23,25)/b7-6-. The molecule has 0 amide bonds. The molecule has 2 aromatic rings. The van der Waals surface area contributed by atoms with Crippen molar-refractivity contribution < 1.29 is 5.11 Å². The second-order valence-corrected chi connectivity index (χ2v) is 6.14. The van der Waals surface area contributed by atoms with Crippen LogP contribution in [0.1, 0.15) is 5.56 Å². The third-order valence-corrected chi connectivity index (χ3v) is 3.68. The van der Waals surface area contributed by atoms with Gasteiger partial charge in [-0.2, -0.15) is 0 Å². The van der Waals surface area contributed by atoms with Crippen LogP contribution >= 0.6 is 23.2 Å². The van der Waals surface area contributed by atoms with Crippen LogP contribution in [-0.4, -0.2) is 22.6 Å². The first-order valence-electron chi connectivity index (χ1n) is 7.50. The van der Waals surface area contributed by atoms with Crippen LogP contribution in [0.2, 0.25) is 10.0 Å². The number of aliphatic imine (C=N–C) groups is 2. The van der Waals surface area contributed by atoms with Crippen molar-refractivity contribution >= 4 is 46.4 Å². The summed E-state index contributed by atoms with van der Waals surface area (Å²) in [5, 5.41) is 18.0. The second kappa shape index (κ2) is 9.03. The quantitative estimate of drug-likeness (QED) is 0.459. The molecule has 0 heterocycles. The number of hydrogen-bond acceptors (Lipinski definition) is 3. The van der Waals surface area contributed by atoms with Crippen molar-refractivity contribution in [2.24, 2.45) is 21.5 Å². The Morgan fingerprint density at radius 2 is 1.88 bits per heavy atom. The lowest BCUT2D eigenvalue weighted by molar-refractivity contribution is 0.475. The molecule has 26 heavy (non-hydrogen) atoms. The molecule has 0 saturated heterocycles. The van der Waals surface area contributed by atoms with Crippen LogP contribution in [0.4, 0.5) is 5.69 Å². The molecule has 0 radical (unpaired) electrons. The molecule has 0 aliphatic heterocycles. The van der Waals surface area contributed by atoms with Crippen LogP contribution in [0.15, 0.2) is 64.6 Å². The third kappa shape index (κ3) is 6.23. The molecule has 0 atom stereocenters. The number of nitrogens with zero attached hydrogens (tertiary/aromatic N) is 2. The molecule has 0 bridgehead atoms. The van der Waals surface area contributed by atoms with E-state index in [4.69, 9.17) is 40.1 Å². The van der Waals surface area contributed by atoms with E-state index < -0.39 is 0 Å². The van der Waals surface area contributed by atoms with E-state index in [-0.39, 0.29) is 28.3 Å². The van der Waals surface area contributed by atoms with E-state index in [9.17, 15) is 5.11 Å². The van der Waals surface area contributed by atoms with Crippen molar-refractivity contribution in [1.29, 1.82) is 5.41 Å². The second-order valence-electron chi connectivity index (χ2n) is 5.30. The van der Waals surface area contributed by atoms with Crippen molar-refractivity contribution in [3.63, 3.8) is 0 Å². The average molecular weight is 390 g/mol. The summed E-state index contributed by atoms with van der Waals surface area (Å²) in [6.45, 7) is 0. The number of phenolic OH excluding ortho intramolecular Hbond substituents is 1. The van der Waals surface area contributed by atoms with Gasteiger partial charge in [-0.3, -0.25) is 5.41 Å². The summed E-state index contributed by atoms with van der Waals surface area (Å²) in [5.74, 6) is 0.357. The van der Waals surface area contributed by atoms with Gasteiger partial charge < -0.3 is 16.6 Å². The summed E-state index contributed by atoms with van der Waals surface area (Å²) in [6, 6.07) is 11.7. The first-order valence-corrected chi connectivity index (χ1v) is 8.26. The number of nitrogens with one attached hydrogen (secondary N) is 1. The summed E-state index contributed by atoms with van der Waals surface area (Å²) in [6.07, 6.45) is 3.14. The zero-order chi connectivity index (χ0) is 19.1. The summed E-state index contributed by atoms with van der Waals surface area (Å²) in [7, 11) is 0. The molecule has 8 heteroatoms. The average Bonchev–Trinajstić information content (AvgIpc) is 2.56. The lowest BCUT2D eigenvalue weighted by Crippen LogP contribution is -2.17. The first kappa shape index (κ1) is 19.5. The predicted molar refractivity (Wildman–Crippen MR) is 108 cm³/mol. The highest BCUT2D eigenvalue weighted by Crippen LogP contribution is 2.23. The fourth-order valence-corrected chi connectivity index (χ4v) is 2.39. The largest absolute Gasteiger partial charge is 0.506 e. The van der Waals surface area contributed by atoms with Gasteiger partial charge in [0.25, 0.3) is 0 Å². The van der Waals surface area contributed by atoms with Crippen molar-refractivity contribution in [3.8, 4) is 5.75 Å². The number of amidine groups is 3. The van der Waals surface area contributed by atoms with Gasteiger partial charge in [0, 0.05) is 11.4 Å². The molecule has 6 nitrogen and oxygen atoms in total. The molecule has 0 fully saturated rings. The summed E-state index contributed by atoms with van der Waals surface area (Å²) in [5.41, 5.74) is 13.0. The van der Waals surface area contributed by atoms with E-state index in [0.717, 1.165) is 5.56 Å². The van der Waals surface area contributed by atoms with Gasteiger partial charge in [-0.25, -0.2) is 9.98 Å². The fraction of sp³-hybridized carbons (Fsp3) is 0.0556. The Balaban J connectivity index is 2.00. The number of hydrogen-bond donors (Lipinski definition) is 4. The molecule has 0 spiro atoms. The Labute approximate surface area is 161 Å². The Bertz CT molecular complexity index is 906. The topological polar surface area (TPSA) is 121 Å². The Kier molecular flexibility index (Phi) is 6.77. The van der Waals surface area contributed by atoms with Gasteiger partial charge in [0.1, 0.15) is 23.3 Å². The van der Waals surface area contributed by atoms with Crippen molar-refractivity contribution in [2.75, 3.05) is 0 Å². The maximum absolute atomic E-state index is 9.40.